The first kappa shape index (κ1) is 27.7. The van der Waals surface area contributed by atoms with E-state index in [1.54, 1.807) is 18.2 Å². The van der Waals surface area contributed by atoms with Crippen LogP contribution < -0.4 is 8.92 Å². The molecule has 1 amide bonds. The lowest BCUT2D eigenvalue weighted by Crippen LogP contribution is -2.30. The van der Waals surface area contributed by atoms with Crippen LogP contribution in [0, 0.1) is 5.82 Å². The minimum absolute atomic E-state index is 0.00301. The number of carbonyl (C=O) groups is 1. The molecule has 0 aliphatic heterocycles. The lowest BCUT2D eigenvalue weighted by atomic mass is 10.1. The Balaban J connectivity index is 1.64. The van der Waals surface area contributed by atoms with E-state index in [0.29, 0.717) is 17.4 Å². The lowest BCUT2D eigenvalue weighted by molar-refractivity contribution is -0.137. The number of carbonyl (C=O) groups excluding carboxylic acids is 1. The quantitative estimate of drug-likeness (QED) is 0.182. The maximum absolute atomic E-state index is 13.4. The summed E-state index contributed by atoms with van der Waals surface area (Å²) in [6, 6.07) is 15.7. The molecule has 4 aromatic rings. The predicted octanol–water partition coefficient (Wildman–Crippen LogP) is 6.06. The third-order valence-electron chi connectivity index (χ3n) is 5.56. The summed E-state index contributed by atoms with van der Waals surface area (Å²) < 4.78 is 94.1. The average molecular weight is 564 g/mol. The van der Waals surface area contributed by atoms with E-state index in [0.717, 1.165) is 30.3 Å². The number of amides is 1. The van der Waals surface area contributed by atoms with E-state index in [-0.39, 0.29) is 30.2 Å². The highest BCUT2D eigenvalue weighted by molar-refractivity contribution is 7.87. The number of ether oxygens (including phenoxy) is 1. The van der Waals surface area contributed by atoms with Crippen LogP contribution >= 0.6 is 0 Å². The van der Waals surface area contributed by atoms with Crippen LogP contribution in [0.2, 0.25) is 0 Å². The third-order valence-corrected chi connectivity index (χ3v) is 6.79. The van der Waals surface area contributed by atoms with Gasteiger partial charge in [0.25, 0.3) is 5.91 Å². The van der Waals surface area contributed by atoms with E-state index in [1.165, 1.54) is 42.5 Å². The summed E-state index contributed by atoms with van der Waals surface area (Å²) in [5.74, 6) is -0.803. The molecular formula is C27H21F4NO6S. The Morgan fingerprint density at radius 1 is 0.923 bits per heavy atom. The van der Waals surface area contributed by atoms with Gasteiger partial charge in [0.15, 0.2) is 11.5 Å². The summed E-state index contributed by atoms with van der Waals surface area (Å²) in [7, 11) is -3.43. The van der Waals surface area contributed by atoms with Gasteiger partial charge in [-0.05, 0) is 72.3 Å². The molecule has 0 fully saturated rings. The van der Waals surface area contributed by atoms with E-state index in [1.807, 2.05) is 0 Å². The first-order valence-electron chi connectivity index (χ1n) is 11.3. The smallest absolute Gasteiger partial charge is 0.416 e. The first-order chi connectivity index (χ1) is 18.5. The summed E-state index contributed by atoms with van der Waals surface area (Å²) in [4.78, 5) is 13.9. The van der Waals surface area contributed by atoms with Crippen LogP contribution in [0.1, 0.15) is 27.2 Å². The standard InChI is InChI=1S/C27H21F4NO6S/c1-36-24-12-7-18(14-25(24)38-39(34,35)23-6-2-4-20(15-23)27(29,30)31)16-32(17-22-5-3-13-37-22)26(33)19-8-10-21(28)11-9-19/h2-15H,16-17H2,1H3. The first-order valence-corrected chi connectivity index (χ1v) is 12.7. The zero-order chi connectivity index (χ0) is 28.2. The fourth-order valence-electron chi connectivity index (χ4n) is 3.66. The Hall–Kier alpha value is -4.32. The number of furan rings is 1. The maximum Gasteiger partial charge on any atom is 0.416 e. The zero-order valence-electron chi connectivity index (χ0n) is 20.3. The highest BCUT2D eigenvalue weighted by atomic mass is 32.2. The van der Waals surface area contributed by atoms with Crippen molar-refractivity contribution in [3.05, 3.63) is 113 Å². The number of methoxy groups -OCH3 is 1. The molecule has 0 spiro atoms. The molecule has 0 saturated carbocycles. The molecule has 12 heteroatoms. The third kappa shape index (κ3) is 6.77. The molecular weight excluding hydrogens is 542 g/mol. The van der Waals surface area contributed by atoms with E-state index >= 15 is 0 Å². The molecule has 1 aromatic heterocycles. The van der Waals surface area contributed by atoms with E-state index in [9.17, 15) is 30.8 Å². The molecule has 0 aliphatic rings. The number of rotatable bonds is 9. The Kier molecular flexibility index (Phi) is 7.95. The summed E-state index contributed by atoms with van der Waals surface area (Å²) >= 11 is 0. The molecule has 0 atom stereocenters. The Bertz CT molecular complexity index is 1550. The SMILES string of the molecule is COc1ccc(CN(Cc2ccco2)C(=O)c2ccc(F)cc2)cc1OS(=O)(=O)c1cccc(C(F)(F)F)c1. The minimum Gasteiger partial charge on any atom is -0.493 e. The monoisotopic (exact) mass is 563 g/mol. The van der Waals surface area contributed by atoms with Crippen LogP contribution in [0.25, 0.3) is 0 Å². The minimum atomic E-state index is -4.75. The second kappa shape index (κ2) is 11.2. The van der Waals surface area contributed by atoms with Crippen molar-refractivity contribution >= 4 is 16.0 Å². The topological polar surface area (TPSA) is 86.0 Å². The summed E-state index contributed by atoms with van der Waals surface area (Å²) in [6.45, 7) is -0.0190. The van der Waals surface area contributed by atoms with Crippen molar-refractivity contribution in [2.45, 2.75) is 24.2 Å². The summed E-state index contributed by atoms with van der Waals surface area (Å²) in [5.41, 5.74) is -0.534. The predicted molar refractivity (Wildman–Crippen MR) is 131 cm³/mol. The second-order valence-electron chi connectivity index (χ2n) is 8.30. The number of alkyl halides is 3. The molecule has 39 heavy (non-hydrogen) atoms. The molecule has 3 aromatic carbocycles. The van der Waals surface area contributed by atoms with Crippen LogP contribution in [0.3, 0.4) is 0 Å². The van der Waals surface area contributed by atoms with Crippen LogP contribution in [-0.4, -0.2) is 26.3 Å². The summed E-state index contributed by atoms with van der Waals surface area (Å²) in [5, 5.41) is 0. The Labute approximate surface area is 221 Å². The Morgan fingerprint density at radius 3 is 2.31 bits per heavy atom. The number of hydrogen-bond donors (Lipinski definition) is 0. The van der Waals surface area contributed by atoms with Gasteiger partial charge >= 0.3 is 16.3 Å². The number of benzene rings is 3. The van der Waals surface area contributed by atoms with E-state index in [2.05, 4.69) is 0 Å². The molecule has 204 valence electrons. The van der Waals surface area contributed by atoms with Crippen molar-refractivity contribution in [3.63, 3.8) is 0 Å². The average Bonchev–Trinajstić information content (AvgIpc) is 3.41. The van der Waals surface area contributed by atoms with Gasteiger partial charge in [0, 0.05) is 12.1 Å². The van der Waals surface area contributed by atoms with E-state index in [4.69, 9.17) is 13.3 Å². The normalized spacial score (nSPS) is 11.7. The number of nitrogens with zero attached hydrogens (tertiary/aromatic N) is 1. The fourth-order valence-corrected chi connectivity index (χ4v) is 4.64. The fraction of sp³-hybridized carbons (Fsp3) is 0.148. The molecule has 0 saturated heterocycles. The van der Waals surface area contributed by atoms with Crippen molar-refractivity contribution in [2.24, 2.45) is 0 Å². The van der Waals surface area contributed by atoms with Crippen molar-refractivity contribution in [3.8, 4) is 11.5 Å². The van der Waals surface area contributed by atoms with Gasteiger partial charge in [0.05, 0.1) is 25.5 Å². The van der Waals surface area contributed by atoms with Gasteiger partial charge in [-0.3, -0.25) is 4.79 Å². The number of halogens is 4. The van der Waals surface area contributed by atoms with Crippen LogP contribution in [0.4, 0.5) is 17.6 Å². The van der Waals surface area contributed by atoms with Gasteiger partial charge in [-0.2, -0.15) is 21.6 Å². The van der Waals surface area contributed by atoms with Crippen LogP contribution in [0.15, 0.2) is 94.4 Å². The van der Waals surface area contributed by atoms with Crippen LogP contribution in [-0.2, 0) is 29.4 Å². The molecule has 0 radical (unpaired) electrons. The van der Waals surface area contributed by atoms with Gasteiger partial charge in [-0.15, -0.1) is 0 Å². The van der Waals surface area contributed by atoms with Crippen molar-refractivity contribution in [2.75, 3.05) is 7.11 Å². The highest BCUT2D eigenvalue weighted by Crippen LogP contribution is 2.34. The van der Waals surface area contributed by atoms with Gasteiger partial charge in [0.1, 0.15) is 16.5 Å². The molecule has 0 aliphatic carbocycles. The largest absolute Gasteiger partial charge is 0.493 e. The van der Waals surface area contributed by atoms with Gasteiger partial charge in [-0.25, -0.2) is 4.39 Å². The van der Waals surface area contributed by atoms with Crippen molar-refractivity contribution in [1.29, 1.82) is 0 Å². The zero-order valence-corrected chi connectivity index (χ0v) is 21.1. The Morgan fingerprint density at radius 2 is 1.67 bits per heavy atom. The number of hydrogen-bond acceptors (Lipinski definition) is 6. The van der Waals surface area contributed by atoms with Crippen LogP contribution in [0.5, 0.6) is 11.5 Å². The molecule has 7 nitrogen and oxygen atoms in total. The van der Waals surface area contributed by atoms with Crippen molar-refractivity contribution in [1.82, 2.24) is 4.90 Å². The van der Waals surface area contributed by atoms with Gasteiger partial charge in [-0.1, -0.05) is 12.1 Å². The highest BCUT2D eigenvalue weighted by Gasteiger charge is 2.32. The van der Waals surface area contributed by atoms with Gasteiger partial charge < -0.3 is 18.2 Å². The van der Waals surface area contributed by atoms with Gasteiger partial charge in [0.2, 0.25) is 0 Å². The molecule has 4 rings (SSSR count). The second-order valence-corrected chi connectivity index (χ2v) is 9.84. The molecule has 0 bridgehead atoms. The summed E-state index contributed by atoms with van der Waals surface area (Å²) in [6.07, 6.45) is -3.31. The lowest BCUT2D eigenvalue weighted by Gasteiger charge is -2.23. The molecule has 1 heterocycles. The molecule has 0 unspecified atom stereocenters. The molecule has 0 N–H and O–H groups in total. The maximum atomic E-state index is 13.4. The van der Waals surface area contributed by atoms with Crippen molar-refractivity contribution < 1.29 is 44.1 Å². The van der Waals surface area contributed by atoms with E-state index < -0.39 is 38.5 Å².